The Balaban J connectivity index is 2.03. The van der Waals surface area contributed by atoms with Gasteiger partial charge in [-0.2, -0.15) is 0 Å². The molecule has 0 radical (unpaired) electrons. The number of hydrogen-bond donors (Lipinski definition) is 2. The Morgan fingerprint density at radius 3 is 2.43 bits per heavy atom. The molecule has 1 unspecified atom stereocenters. The van der Waals surface area contributed by atoms with Gasteiger partial charge in [-0.05, 0) is 37.1 Å². The molecule has 0 amide bonds. The monoisotopic (exact) mass is 333 g/mol. The Bertz CT molecular complexity index is 601. The predicted octanol–water partition coefficient (Wildman–Crippen LogP) is 4.51. The molecule has 0 aliphatic carbocycles. The minimum absolute atomic E-state index is 0.139. The summed E-state index contributed by atoms with van der Waals surface area (Å²) in [6, 6.07) is 15.5. The average molecular weight is 334 g/mol. The van der Waals surface area contributed by atoms with Crippen molar-refractivity contribution >= 4 is 11.6 Å². The van der Waals surface area contributed by atoms with Crippen molar-refractivity contribution in [2.24, 2.45) is 0 Å². The number of rotatable bonds is 8. The lowest BCUT2D eigenvalue weighted by Gasteiger charge is -2.22. The summed E-state index contributed by atoms with van der Waals surface area (Å²) in [5.74, 6) is 0.898. The molecular formula is C19H24ClNO2. The first-order valence-electron chi connectivity index (χ1n) is 8.04. The highest BCUT2D eigenvalue weighted by atomic mass is 35.5. The van der Waals surface area contributed by atoms with Gasteiger partial charge in [0.1, 0.15) is 5.75 Å². The molecule has 0 aromatic heterocycles. The Hall–Kier alpha value is -1.55. The van der Waals surface area contributed by atoms with E-state index in [4.69, 9.17) is 16.3 Å². The van der Waals surface area contributed by atoms with Gasteiger partial charge in [0, 0.05) is 23.2 Å². The number of benzene rings is 2. The predicted molar refractivity (Wildman–Crippen MR) is 95.1 cm³/mol. The lowest BCUT2D eigenvalue weighted by atomic mass is 10.0. The SMILES string of the molecule is CCOc1ccccc1C(CC)NC[C@H](O)c1ccc(Cl)cc1. The summed E-state index contributed by atoms with van der Waals surface area (Å²) in [5, 5.41) is 14.4. The van der Waals surface area contributed by atoms with Crippen LogP contribution in [0.4, 0.5) is 0 Å². The van der Waals surface area contributed by atoms with E-state index in [9.17, 15) is 5.11 Å². The van der Waals surface area contributed by atoms with Crippen LogP contribution in [0.3, 0.4) is 0 Å². The van der Waals surface area contributed by atoms with Crippen LogP contribution in [0.2, 0.25) is 5.02 Å². The van der Waals surface area contributed by atoms with Crippen LogP contribution in [0.15, 0.2) is 48.5 Å². The third kappa shape index (κ3) is 4.96. The number of aliphatic hydroxyl groups excluding tert-OH is 1. The molecule has 23 heavy (non-hydrogen) atoms. The van der Waals surface area contributed by atoms with Crippen molar-refractivity contribution in [3.63, 3.8) is 0 Å². The Morgan fingerprint density at radius 1 is 1.09 bits per heavy atom. The van der Waals surface area contributed by atoms with Crippen LogP contribution in [-0.4, -0.2) is 18.3 Å². The summed E-state index contributed by atoms with van der Waals surface area (Å²) in [4.78, 5) is 0. The molecule has 3 nitrogen and oxygen atoms in total. The molecule has 0 aliphatic rings. The minimum atomic E-state index is -0.569. The molecule has 2 aromatic rings. The third-order valence-electron chi connectivity index (χ3n) is 3.81. The minimum Gasteiger partial charge on any atom is -0.494 e. The number of para-hydroxylation sites is 1. The lowest BCUT2D eigenvalue weighted by Crippen LogP contribution is -2.26. The van der Waals surface area contributed by atoms with Crippen LogP contribution in [-0.2, 0) is 0 Å². The first-order chi connectivity index (χ1) is 11.2. The van der Waals surface area contributed by atoms with Crippen molar-refractivity contribution in [1.29, 1.82) is 0 Å². The highest BCUT2D eigenvalue weighted by molar-refractivity contribution is 6.30. The van der Waals surface area contributed by atoms with Crippen molar-refractivity contribution < 1.29 is 9.84 Å². The summed E-state index contributed by atoms with van der Waals surface area (Å²) in [6.07, 6.45) is 0.345. The van der Waals surface area contributed by atoms with Crippen molar-refractivity contribution in [1.82, 2.24) is 5.32 Å². The third-order valence-corrected chi connectivity index (χ3v) is 4.07. The second kappa shape index (κ2) is 8.92. The summed E-state index contributed by atoms with van der Waals surface area (Å²) in [7, 11) is 0. The lowest BCUT2D eigenvalue weighted by molar-refractivity contribution is 0.169. The van der Waals surface area contributed by atoms with Crippen LogP contribution in [0, 0.1) is 0 Å². The molecule has 0 saturated heterocycles. The maximum absolute atomic E-state index is 10.3. The van der Waals surface area contributed by atoms with Crippen molar-refractivity contribution in [3.05, 3.63) is 64.7 Å². The zero-order chi connectivity index (χ0) is 16.7. The van der Waals surface area contributed by atoms with Crippen molar-refractivity contribution in [2.45, 2.75) is 32.4 Å². The number of nitrogens with one attached hydrogen (secondary N) is 1. The molecule has 2 aromatic carbocycles. The molecule has 0 saturated carbocycles. The molecule has 124 valence electrons. The van der Waals surface area contributed by atoms with E-state index in [1.54, 1.807) is 12.1 Å². The van der Waals surface area contributed by atoms with Crippen LogP contribution >= 0.6 is 11.6 Å². The topological polar surface area (TPSA) is 41.5 Å². The Kier molecular flexibility index (Phi) is 6.90. The quantitative estimate of drug-likeness (QED) is 0.746. The fourth-order valence-electron chi connectivity index (χ4n) is 2.59. The summed E-state index contributed by atoms with van der Waals surface area (Å²) < 4.78 is 5.71. The van der Waals surface area contributed by atoms with Crippen LogP contribution in [0.5, 0.6) is 5.75 Å². The smallest absolute Gasteiger partial charge is 0.124 e. The Labute approximate surface area is 143 Å². The van der Waals surface area contributed by atoms with Crippen molar-refractivity contribution in [2.75, 3.05) is 13.2 Å². The number of aliphatic hydroxyl groups is 1. The fourth-order valence-corrected chi connectivity index (χ4v) is 2.71. The van der Waals surface area contributed by atoms with E-state index in [0.29, 0.717) is 18.2 Å². The standard InChI is InChI=1S/C19H24ClNO2/c1-3-17(16-7-5-6-8-19(16)23-4-2)21-13-18(22)14-9-11-15(20)12-10-14/h5-12,17-18,21-22H,3-4,13H2,1-2H3/t17?,18-/m0/s1. The van der Waals surface area contributed by atoms with E-state index in [1.807, 2.05) is 37.3 Å². The first kappa shape index (κ1) is 17.8. The summed E-state index contributed by atoms with van der Waals surface area (Å²) in [5.41, 5.74) is 1.98. The van der Waals surface area contributed by atoms with Gasteiger partial charge in [-0.1, -0.05) is 48.9 Å². The van der Waals surface area contributed by atoms with E-state index in [-0.39, 0.29) is 6.04 Å². The van der Waals surface area contributed by atoms with E-state index in [0.717, 1.165) is 23.3 Å². The zero-order valence-electron chi connectivity index (χ0n) is 13.6. The molecule has 0 spiro atoms. The fraction of sp³-hybridized carbons (Fsp3) is 0.368. The molecule has 0 fully saturated rings. The van der Waals surface area contributed by atoms with Crippen LogP contribution < -0.4 is 10.1 Å². The van der Waals surface area contributed by atoms with Gasteiger partial charge in [-0.25, -0.2) is 0 Å². The van der Waals surface area contributed by atoms with Gasteiger partial charge >= 0.3 is 0 Å². The first-order valence-corrected chi connectivity index (χ1v) is 8.42. The van der Waals surface area contributed by atoms with Gasteiger partial charge in [0.05, 0.1) is 12.7 Å². The van der Waals surface area contributed by atoms with Crippen LogP contribution in [0.1, 0.15) is 43.5 Å². The van der Waals surface area contributed by atoms with Gasteiger partial charge in [0.2, 0.25) is 0 Å². The van der Waals surface area contributed by atoms with E-state index < -0.39 is 6.10 Å². The Morgan fingerprint density at radius 2 is 1.78 bits per heavy atom. The molecule has 0 aliphatic heterocycles. The highest BCUT2D eigenvalue weighted by Crippen LogP contribution is 2.27. The summed E-state index contributed by atoms with van der Waals surface area (Å²) in [6.45, 7) is 5.21. The average Bonchev–Trinajstić information content (AvgIpc) is 2.57. The maximum Gasteiger partial charge on any atom is 0.124 e. The van der Waals surface area contributed by atoms with Gasteiger partial charge in [-0.3, -0.25) is 0 Å². The second-order valence-corrected chi connectivity index (χ2v) is 5.84. The normalized spacial score (nSPS) is 13.6. The van der Waals surface area contributed by atoms with Gasteiger partial charge in [0.15, 0.2) is 0 Å². The molecule has 0 bridgehead atoms. The molecular weight excluding hydrogens is 310 g/mol. The van der Waals surface area contributed by atoms with Gasteiger partial charge in [0.25, 0.3) is 0 Å². The molecule has 0 heterocycles. The number of hydrogen-bond acceptors (Lipinski definition) is 3. The highest BCUT2D eigenvalue weighted by Gasteiger charge is 2.16. The van der Waals surface area contributed by atoms with Gasteiger partial charge in [-0.15, -0.1) is 0 Å². The molecule has 4 heteroatoms. The zero-order valence-corrected chi connectivity index (χ0v) is 14.4. The largest absolute Gasteiger partial charge is 0.494 e. The summed E-state index contributed by atoms with van der Waals surface area (Å²) >= 11 is 5.88. The van der Waals surface area contributed by atoms with E-state index in [2.05, 4.69) is 18.3 Å². The number of halogens is 1. The second-order valence-electron chi connectivity index (χ2n) is 5.41. The molecule has 2 atom stereocenters. The van der Waals surface area contributed by atoms with Crippen LogP contribution in [0.25, 0.3) is 0 Å². The maximum atomic E-state index is 10.3. The number of ether oxygens (including phenoxy) is 1. The molecule has 2 rings (SSSR count). The molecule has 2 N–H and O–H groups in total. The van der Waals surface area contributed by atoms with E-state index >= 15 is 0 Å². The van der Waals surface area contributed by atoms with Gasteiger partial charge < -0.3 is 15.2 Å². The van der Waals surface area contributed by atoms with E-state index in [1.165, 1.54) is 0 Å². The van der Waals surface area contributed by atoms with Crippen molar-refractivity contribution in [3.8, 4) is 5.75 Å².